The number of hydrogen-bond acceptors (Lipinski definition) is 9. The van der Waals surface area contributed by atoms with E-state index in [0.29, 0.717) is 28.9 Å². The number of benzene rings is 1. The van der Waals surface area contributed by atoms with Gasteiger partial charge in [0.25, 0.3) is 5.91 Å². The second-order valence-electron chi connectivity index (χ2n) is 11.3. The molecule has 0 radical (unpaired) electrons. The van der Waals surface area contributed by atoms with Crippen LogP contribution in [0, 0.1) is 11.3 Å². The Balaban J connectivity index is 1.66. The van der Waals surface area contributed by atoms with Gasteiger partial charge < -0.3 is 14.4 Å². The highest BCUT2D eigenvalue weighted by Crippen LogP contribution is 2.29. The standard InChI is InChI=1S/C29H35ClN8O5/c1-7-42-27(40)25-21-16-37(26(39)19-8-9-22(30)20(13-19)14-31)17(2)12-23(21)34-38(25)11-10-36(28(41)43-29(4,5)6)18(3)24-15-32-35-33-24/h8-9,13,15,17-18H,7,10-12,16H2,1-6H3,(H,32,33,35)/t17-,18?/m1/s1. The minimum Gasteiger partial charge on any atom is -0.461 e. The van der Waals surface area contributed by atoms with Crippen LogP contribution in [-0.2, 0) is 29.0 Å². The number of rotatable bonds is 8. The maximum Gasteiger partial charge on any atom is 0.410 e. The minimum atomic E-state index is -0.732. The van der Waals surface area contributed by atoms with Gasteiger partial charge in [-0.1, -0.05) is 16.8 Å². The topological polar surface area (TPSA) is 159 Å². The van der Waals surface area contributed by atoms with Crippen molar-refractivity contribution >= 4 is 29.6 Å². The van der Waals surface area contributed by atoms with Gasteiger partial charge in [-0.2, -0.15) is 10.4 Å². The summed E-state index contributed by atoms with van der Waals surface area (Å²) < 4.78 is 12.6. The van der Waals surface area contributed by atoms with Crippen LogP contribution in [0.15, 0.2) is 24.4 Å². The first-order valence-electron chi connectivity index (χ1n) is 14.0. The largest absolute Gasteiger partial charge is 0.461 e. The molecule has 2 atom stereocenters. The highest BCUT2D eigenvalue weighted by Gasteiger charge is 2.36. The first-order valence-corrected chi connectivity index (χ1v) is 14.3. The number of H-pyrrole nitrogens is 1. The van der Waals surface area contributed by atoms with Crippen LogP contribution in [-0.4, -0.2) is 77.8 Å². The first-order chi connectivity index (χ1) is 20.3. The normalized spacial score (nSPS) is 15.3. The number of ether oxygens (including phenoxy) is 2. The van der Waals surface area contributed by atoms with E-state index in [1.807, 2.05) is 19.9 Å². The van der Waals surface area contributed by atoms with Gasteiger partial charge in [0.2, 0.25) is 0 Å². The van der Waals surface area contributed by atoms with Gasteiger partial charge in [0.05, 0.1) is 42.0 Å². The van der Waals surface area contributed by atoms with Crippen LogP contribution in [0.3, 0.4) is 0 Å². The zero-order chi connectivity index (χ0) is 31.5. The van der Waals surface area contributed by atoms with Crippen molar-refractivity contribution in [3.05, 3.63) is 63.2 Å². The molecule has 0 fully saturated rings. The maximum absolute atomic E-state index is 13.6. The fourth-order valence-corrected chi connectivity index (χ4v) is 5.07. The van der Waals surface area contributed by atoms with Crippen LogP contribution < -0.4 is 0 Å². The molecule has 13 nitrogen and oxygen atoms in total. The van der Waals surface area contributed by atoms with Crippen LogP contribution in [0.5, 0.6) is 0 Å². The number of nitrogens with one attached hydrogen (secondary N) is 1. The number of halogens is 1. The molecule has 1 N–H and O–H groups in total. The summed E-state index contributed by atoms with van der Waals surface area (Å²) in [4.78, 5) is 43.2. The number of nitrogens with zero attached hydrogens (tertiary/aromatic N) is 7. The summed E-state index contributed by atoms with van der Waals surface area (Å²) in [5, 5.41) is 24.8. The van der Waals surface area contributed by atoms with E-state index >= 15 is 0 Å². The van der Waals surface area contributed by atoms with Crippen LogP contribution in [0.4, 0.5) is 4.79 Å². The highest BCUT2D eigenvalue weighted by atomic mass is 35.5. The highest BCUT2D eigenvalue weighted by molar-refractivity contribution is 6.31. The van der Waals surface area contributed by atoms with Crippen molar-refractivity contribution in [2.45, 2.75) is 78.7 Å². The number of carbonyl (C=O) groups excluding carboxylic acids is 3. The molecule has 14 heteroatoms. The molecule has 43 heavy (non-hydrogen) atoms. The smallest absolute Gasteiger partial charge is 0.410 e. The molecule has 0 spiro atoms. The van der Waals surface area contributed by atoms with Crippen molar-refractivity contribution in [3.8, 4) is 6.07 Å². The third kappa shape index (κ3) is 6.97. The Bertz CT molecular complexity index is 1540. The molecule has 2 amide bonds. The summed E-state index contributed by atoms with van der Waals surface area (Å²) in [6, 6.07) is 5.82. The van der Waals surface area contributed by atoms with Crippen molar-refractivity contribution in [1.82, 2.24) is 35.0 Å². The van der Waals surface area contributed by atoms with E-state index in [0.717, 1.165) is 0 Å². The molecule has 0 saturated carbocycles. The molecular formula is C29H35ClN8O5. The van der Waals surface area contributed by atoms with E-state index in [1.165, 1.54) is 21.7 Å². The molecule has 1 aromatic carbocycles. The molecule has 228 valence electrons. The number of carbonyl (C=O) groups is 3. The van der Waals surface area contributed by atoms with E-state index < -0.39 is 23.7 Å². The Morgan fingerprint density at radius 2 is 2.05 bits per heavy atom. The molecular weight excluding hydrogens is 576 g/mol. The molecule has 4 rings (SSSR count). The van der Waals surface area contributed by atoms with Gasteiger partial charge in [-0.25, -0.2) is 9.59 Å². The van der Waals surface area contributed by atoms with Gasteiger partial charge in [0.1, 0.15) is 17.4 Å². The Labute approximate surface area is 254 Å². The number of aromatic amines is 1. The molecule has 3 heterocycles. The Kier molecular flexibility index (Phi) is 9.40. The van der Waals surface area contributed by atoms with Crippen molar-refractivity contribution in [2.75, 3.05) is 13.2 Å². The molecule has 0 bridgehead atoms. The van der Waals surface area contributed by atoms with E-state index in [-0.39, 0.29) is 54.5 Å². The summed E-state index contributed by atoms with van der Waals surface area (Å²) in [6.07, 6.45) is 1.44. The van der Waals surface area contributed by atoms with Gasteiger partial charge in [-0.3, -0.25) is 19.5 Å². The van der Waals surface area contributed by atoms with E-state index in [4.69, 9.17) is 26.2 Å². The molecule has 2 aromatic heterocycles. The van der Waals surface area contributed by atoms with Gasteiger partial charge in [0, 0.05) is 36.3 Å². The van der Waals surface area contributed by atoms with E-state index in [9.17, 15) is 19.6 Å². The summed E-state index contributed by atoms with van der Waals surface area (Å²) >= 11 is 6.07. The average Bonchev–Trinajstić information content (AvgIpc) is 3.60. The van der Waals surface area contributed by atoms with E-state index in [1.54, 1.807) is 44.9 Å². The maximum atomic E-state index is 13.6. The monoisotopic (exact) mass is 610 g/mol. The van der Waals surface area contributed by atoms with Crippen LogP contribution in [0.25, 0.3) is 0 Å². The molecule has 1 aliphatic rings. The number of hydrogen-bond donors (Lipinski definition) is 1. The van der Waals surface area contributed by atoms with Crippen molar-refractivity contribution in [1.29, 1.82) is 5.26 Å². The number of amides is 2. The van der Waals surface area contributed by atoms with Gasteiger partial charge in [-0.15, -0.1) is 5.10 Å². The second-order valence-corrected chi connectivity index (χ2v) is 11.7. The fourth-order valence-electron chi connectivity index (χ4n) is 4.91. The predicted molar refractivity (Wildman–Crippen MR) is 155 cm³/mol. The van der Waals surface area contributed by atoms with Gasteiger partial charge in [-0.05, 0) is 59.7 Å². The first kappa shape index (κ1) is 31.5. The molecule has 3 aromatic rings. The Hall–Kier alpha value is -4.44. The average molecular weight is 611 g/mol. The third-order valence-electron chi connectivity index (χ3n) is 7.06. The zero-order valence-electron chi connectivity index (χ0n) is 25.0. The lowest BCUT2D eigenvalue weighted by Crippen LogP contribution is -2.43. The number of fused-ring (bicyclic) bond motifs is 1. The summed E-state index contributed by atoms with van der Waals surface area (Å²) in [5.74, 6) is -0.878. The SMILES string of the molecule is CCOC(=O)c1c2c(nn1CCN(C(=O)OC(C)(C)C)C(C)c1c[nH]nn1)C[C@@H](C)N(C(=O)c1ccc(Cl)c(C#N)c1)C2. The quantitative estimate of drug-likeness (QED) is 0.367. The van der Waals surface area contributed by atoms with Gasteiger partial charge in [0.15, 0.2) is 5.69 Å². The summed E-state index contributed by atoms with van der Waals surface area (Å²) in [6.45, 7) is 11.3. The van der Waals surface area contributed by atoms with Crippen LogP contribution in [0.2, 0.25) is 5.02 Å². The van der Waals surface area contributed by atoms with Crippen LogP contribution in [0.1, 0.15) is 90.9 Å². The number of aromatic nitrogens is 5. The second kappa shape index (κ2) is 12.8. The number of nitriles is 1. The molecule has 0 saturated heterocycles. The Morgan fingerprint density at radius 1 is 1.30 bits per heavy atom. The molecule has 1 aliphatic heterocycles. The zero-order valence-corrected chi connectivity index (χ0v) is 25.8. The number of esters is 1. The predicted octanol–water partition coefficient (Wildman–Crippen LogP) is 4.29. The van der Waals surface area contributed by atoms with E-state index in [2.05, 4.69) is 15.4 Å². The van der Waals surface area contributed by atoms with Crippen molar-refractivity contribution < 1.29 is 23.9 Å². The van der Waals surface area contributed by atoms with Crippen molar-refractivity contribution in [2.24, 2.45) is 0 Å². The van der Waals surface area contributed by atoms with Crippen LogP contribution >= 0.6 is 11.6 Å². The lowest BCUT2D eigenvalue weighted by atomic mass is 9.98. The third-order valence-corrected chi connectivity index (χ3v) is 7.39. The lowest BCUT2D eigenvalue weighted by Gasteiger charge is -2.33. The summed E-state index contributed by atoms with van der Waals surface area (Å²) in [7, 11) is 0. The minimum absolute atomic E-state index is 0.110. The van der Waals surface area contributed by atoms with Crippen molar-refractivity contribution in [3.63, 3.8) is 0 Å². The summed E-state index contributed by atoms with van der Waals surface area (Å²) in [5.41, 5.74) is 1.79. The fraction of sp³-hybridized carbons (Fsp3) is 0.483. The molecule has 0 aliphatic carbocycles. The lowest BCUT2D eigenvalue weighted by molar-refractivity contribution is 0.0159. The molecule has 1 unspecified atom stereocenters. The van der Waals surface area contributed by atoms with Gasteiger partial charge >= 0.3 is 12.1 Å². The Morgan fingerprint density at radius 3 is 2.67 bits per heavy atom.